The molecule has 2 aromatic carbocycles. The summed E-state index contributed by atoms with van der Waals surface area (Å²) in [6.45, 7) is 2.41. The molecule has 0 spiro atoms. The third-order valence-electron chi connectivity index (χ3n) is 4.64. The first kappa shape index (κ1) is 18.5. The second-order valence-corrected chi connectivity index (χ2v) is 7.33. The molecule has 0 bridgehead atoms. The van der Waals surface area contributed by atoms with E-state index in [1.54, 1.807) is 6.20 Å². The van der Waals surface area contributed by atoms with Gasteiger partial charge in [0.1, 0.15) is 12.4 Å². The summed E-state index contributed by atoms with van der Waals surface area (Å²) in [7, 11) is 0. The number of aryl methyl sites for hydroxylation is 1. The minimum Gasteiger partial charge on any atom is -0.490 e. The van der Waals surface area contributed by atoms with Crippen LogP contribution in [0.3, 0.4) is 0 Å². The van der Waals surface area contributed by atoms with Gasteiger partial charge in [-0.2, -0.15) is 5.10 Å². The largest absolute Gasteiger partial charge is 0.490 e. The summed E-state index contributed by atoms with van der Waals surface area (Å²) in [6, 6.07) is 15.7. The Morgan fingerprint density at radius 2 is 2.00 bits per heavy atom. The summed E-state index contributed by atoms with van der Waals surface area (Å²) >= 11 is 6.03. The number of fused-ring (bicyclic) bond motifs is 1. The second kappa shape index (κ2) is 8.00. The Labute approximate surface area is 168 Å². The number of nitrogens with two attached hydrogens (primary N) is 1. The number of nitrogens with one attached hydrogen (secondary N) is 1. The molecule has 0 saturated heterocycles. The number of aromatic amines is 1. The summed E-state index contributed by atoms with van der Waals surface area (Å²) in [5.74, 6) is 0.697. The van der Waals surface area contributed by atoms with E-state index in [9.17, 15) is 0 Å². The Kier molecular flexibility index (Phi) is 5.28. The fraction of sp³-hybridized carbons (Fsp3) is 0.182. The fourth-order valence-electron chi connectivity index (χ4n) is 3.20. The lowest BCUT2D eigenvalue weighted by molar-refractivity contribution is 0.286. The standard InChI is InChI=1S/C22H21ClN4O/c1-14-21-10-16(5-6-22(21)27-26-14)17-9-20(12-25-11-17)28-13-19(24)8-15-3-2-4-18(23)7-15/h2-7,9-12,19H,8,13,24H2,1H3,(H,26,27)/t19-/m0/s1. The molecule has 0 saturated carbocycles. The molecule has 0 aliphatic carbocycles. The van der Waals surface area contributed by atoms with Crippen molar-refractivity contribution in [2.45, 2.75) is 19.4 Å². The van der Waals surface area contributed by atoms with Crippen LogP contribution in [0.1, 0.15) is 11.3 Å². The average molecular weight is 393 g/mol. The maximum absolute atomic E-state index is 6.22. The number of aromatic nitrogens is 3. The zero-order valence-electron chi connectivity index (χ0n) is 15.5. The van der Waals surface area contributed by atoms with E-state index in [1.807, 2.05) is 55.6 Å². The van der Waals surface area contributed by atoms with Crippen molar-refractivity contribution in [3.05, 3.63) is 77.2 Å². The lowest BCUT2D eigenvalue weighted by Crippen LogP contribution is -2.30. The predicted octanol–water partition coefficient (Wildman–Crippen LogP) is 4.54. The SMILES string of the molecule is Cc1[nH]nc2ccc(-c3cncc(OC[C@@H](N)Cc4cccc(Cl)c4)c3)cc12. The first-order chi connectivity index (χ1) is 13.6. The smallest absolute Gasteiger partial charge is 0.138 e. The third-order valence-corrected chi connectivity index (χ3v) is 4.88. The quantitative estimate of drug-likeness (QED) is 0.505. The Bertz CT molecular complexity index is 1110. The van der Waals surface area contributed by atoms with Gasteiger partial charge >= 0.3 is 0 Å². The maximum atomic E-state index is 6.22. The van der Waals surface area contributed by atoms with Crippen LogP contribution in [0, 0.1) is 6.92 Å². The minimum atomic E-state index is -0.132. The van der Waals surface area contributed by atoms with E-state index in [1.165, 1.54) is 0 Å². The molecule has 0 unspecified atom stereocenters. The van der Waals surface area contributed by atoms with E-state index in [0.29, 0.717) is 23.8 Å². The van der Waals surface area contributed by atoms with Gasteiger partial charge in [-0.1, -0.05) is 29.8 Å². The Morgan fingerprint density at radius 1 is 1.11 bits per heavy atom. The normalized spacial score (nSPS) is 12.2. The molecular formula is C22H21ClN4O. The van der Waals surface area contributed by atoms with E-state index in [-0.39, 0.29) is 6.04 Å². The molecule has 0 radical (unpaired) electrons. The van der Waals surface area contributed by atoms with Crippen LogP contribution < -0.4 is 10.5 Å². The molecule has 0 amide bonds. The zero-order valence-corrected chi connectivity index (χ0v) is 16.3. The number of nitrogens with zero attached hydrogens (tertiary/aromatic N) is 2. The Morgan fingerprint density at radius 3 is 2.86 bits per heavy atom. The van der Waals surface area contributed by atoms with Crippen molar-refractivity contribution in [2.24, 2.45) is 5.73 Å². The summed E-state index contributed by atoms with van der Waals surface area (Å²) in [5.41, 5.74) is 11.4. The lowest BCUT2D eigenvalue weighted by atomic mass is 10.0. The highest BCUT2D eigenvalue weighted by Crippen LogP contribution is 2.27. The minimum absolute atomic E-state index is 0.132. The molecule has 5 nitrogen and oxygen atoms in total. The van der Waals surface area contributed by atoms with Crippen LogP contribution >= 0.6 is 11.6 Å². The van der Waals surface area contributed by atoms with Gasteiger partial charge in [0.15, 0.2) is 0 Å². The van der Waals surface area contributed by atoms with Crippen molar-refractivity contribution in [3.63, 3.8) is 0 Å². The molecule has 2 heterocycles. The number of pyridine rings is 1. The van der Waals surface area contributed by atoms with Gasteiger partial charge in [0.05, 0.1) is 11.7 Å². The third kappa shape index (κ3) is 4.16. The van der Waals surface area contributed by atoms with E-state index < -0.39 is 0 Å². The summed E-state index contributed by atoms with van der Waals surface area (Å²) in [6.07, 6.45) is 4.23. The number of hydrogen-bond acceptors (Lipinski definition) is 4. The average Bonchev–Trinajstić information content (AvgIpc) is 3.07. The number of H-pyrrole nitrogens is 1. The van der Waals surface area contributed by atoms with Crippen LogP contribution in [-0.2, 0) is 6.42 Å². The van der Waals surface area contributed by atoms with Crippen molar-refractivity contribution in [1.29, 1.82) is 0 Å². The van der Waals surface area contributed by atoms with Gasteiger partial charge < -0.3 is 10.5 Å². The van der Waals surface area contributed by atoms with Crippen molar-refractivity contribution in [1.82, 2.24) is 15.2 Å². The van der Waals surface area contributed by atoms with Crippen LogP contribution in [0.5, 0.6) is 5.75 Å². The van der Waals surface area contributed by atoms with Crippen LogP contribution in [0.15, 0.2) is 60.9 Å². The van der Waals surface area contributed by atoms with Crippen molar-refractivity contribution >= 4 is 22.5 Å². The number of halogens is 1. The van der Waals surface area contributed by atoms with Crippen LogP contribution in [-0.4, -0.2) is 27.8 Å². The highest BCUT2D eigenvalue weighted by Gasteiger charge is 2.09. The molecular weight excluding hydrogens is 372 g/mol. The monoisotopic (exact) mass is 392 g/mol. The summed E-state index contributed by atoms with van der Waals surface area (Å²) < 4.78 is 5.89. The van der Waals surface area contributed by atoms with E-state index >= 15 is 0 Å². The highest BCUT2D eigenvalue weighted by atomic mass is 35.5. The zero-order chi connectivity index (χ0) is 19.5. The van der Waals surface area contributed by atoms with Crippen molar-refractivity contribution < 1.29 is 4.74 Å². The molecule has 4 aromatic rings. The molecule has 0 aliphatic rings. The van der Waals surface area contributed by atoms with Crippen LogP contribution in [0.2, 0.25) is 5.02 Å². The molecule has 2 aromatic heterocycles. The Balaban J connectivity index is 1.45. The predicted molar refractivity (Wildman–Crippen MR) is 113 cm³/mol. The number of rotatable bonds is 6. The van der Waals surface area contributed by atoms with Gasteiger partial charge in [0.25, 0.3) is 0 Å². The van der Waals surface area contributed by atoms with Gasteiger partial charge in [-0.3, -0.25) is 10.1 Å². The van der Waals surface area contributed by atoms with Gasteiger partial charge in [0, 0.05) is 33.9 Å². The number of hydrogen-bond donors (Lipinski definition) is 2. The number of benzene rings is 2. The molecule has 142 valence electrons. The molecule has 1 atom stereocenters. The van der Waals surface area contributed by atoms with Gasteiger partial charge in [0.2, 0.25) is 0 Å². The molecule has 28 heavy (non-hydrogen) atoms. The summed E-state index contributed by atoms with van der Waals surface area (Å²) in [5, 5.41) is 9.10. The lowest BCUT2D eigenvalue weighted by Gasteiger charge is -2.14. The maximum Gasteiger partial charge on any atom is 0.138 e. The van der Waals surface area contributed by atoms with Gasteiger partial charge in [-0.15, -0.1) is 0 Å². The fourth-order valence-corrected chi connectivity index (χ4v) is 3.42. The van der Waals surface area contributed by atoms with E-state index in [0.717, 1.165) is 33.3 Å². The second-order valence-electron chi connectivity index (χ2n) is 6.89. The first-order valence-electron chi connectivity index (χ1n) is 9.11. The molecule has 4 rings (SSSR count). The van der Waals surface area contributed by atoms with Crippen molar-refractivity contribution in [3.8, 4) is 16.9 Å². The van der Waals surface area contributed by atoms with Crippen molar-refractivity contribution in [2.75, 3.05) is 6.61 Å². The molecule has 3 N–H and O–H groups in total. The Hall–Kier alpha value is -2.89. The van der Waals surface area contributed by atoms with Crippen LogP contribution in [0.25, 0.3) is 22.0 Å². The van der Waals surface area contributed by atoms with Gasteiger partial charge in [-0.05, 0) is 54.8 Å². The van der Waals surface area contributed by atoms with E-state index in [2.05, 4.69) is 21.2 Å². The highest BCUT2D eigenvalue weighted by molar-refractivity contribution is 6.30. The van der Waals surface area contributed by atoms with Crippen LogP contribution in [0.4, 0.5) is 0 Å². The topological polar surface area (TPSA) is 76.8 Å². The first-order valence-corrected chi connectivity index (χ1v) is 9.49. The van der Waals surface area contributed by atoms with Gasteiger partial charge in [-0.25, -0.2) is 0 Å². The summed E-state index contributed by atoms with van der Waals surface area (Å²) in [4.78, 5) is 4.32. The molecule has 6 heteroatoms. The molecule has 0 aliphatic heterocycles. The number of ether oxygens (including phenoxy) is 1. The van der Waals surface area contributed by atoms with E-state index in [4.69, 9.17) is 22.1 Å². The molecule has 0 fully saturated rings.